The number of rotatable bonds is 5. The van der Waals surface area contributed by atoms with Gasteiger partial charge in [0.1, 0.15) is 5.78 Å². The van der Waals surface area contributed by atoms with E-state index in [1.807, 2.05) is 0 Å². The zero-order chi connectivity index (χ0) is 12.8. The molecule has 0 N–H and O–H groups in total. The van der Waals surface area contributed by atoms with E-state index >= 15 is 0 Å². The summed E-state index contributed by atoms with van der Waals surface area (Å²) < 4.78 is 0. The maximum absolute atomic E-state index is 12.0. The molecule has 0 radical (unpaired) electrons. The lowest BCUT2D eigenvalue weighted by atomic mass is 9.87. The predicted octanol–water partition coefficient (Wildman–Crippen LogP) is 4.38. The third-order valence-electron chi connectivity index (χ3n) is 3.66. The lowest BCUT2D eigenvalue weighted by molar-refractivity contribution is -0.121. The van der Waals surface area contributed by atoms with Crippen LogP contribution in [0, 0.1) is 12.8 Å². The Morgan fingerprint density at radius 3 is 2.78 bits per heavy atom. The number of Topliss-reactive ketones (excluding diaryl/α,β-unsaturated/α-hetero) is 1. The molecule has 1 aliphatic carbocycles. The van der Waals surface area contributed by atoms with Gasteiger partial charge in [-0.05, 0) is 25.3 Å². The summed E-state index contributed by atoms with van der Waals surface area (Å²) >= 11 is 1.77. The molecule has 0 amide bonds. The van der Waals surface area contributed by atoms with Crippen molar-refractivity contribution in [2.75, 3.05) is 5.75 Å². The topological polar surface area (TPSA) is 17.1 Å². The average molecular weight is 262 g/mol. The van der Waals surface area contributed by atoms with Gasteiger partial charge in [-0.2, -0.15) is 0 Å². The maximum Gasteiger partial charge on any atom is 0.145 e. The molecular formula is C16H22OS. The van der Waals surface area contributed by atoms with E-state index in [-0.39, 0.29) is 0 Å². The number of hydrogen-bond donors (Lipinski definition) is 0. The van der Waals surface area contributed by atoms with Crippen LogP contribution in [0.15, 0.2) is 24.3 Å². The first-order valence-corrected chi connectivity index (χ1v) is 8.07. The molecule has 1 aliphatic rings. The molecule has 1 aromatic carbocycles. The van der Waals surface area contributed by atoms with Gasteiger partial charge in [-0.3, -0.25) is 4.79 Å². The lowest BCUT2D eigenvalue weighted by Crippen LogP contribution is -2.19. The molecule has 1 nitrogen and oxygen atoms in total. The van der Waals surface area contributed by atoms with E-state index in [4.69, 9.17) is 0 Å². The van der Waals surface area contributed by atoms with E-state index in [1.54, 1.807) is 11.8 Å². The molecule has 2 rings (SSSR count). The molecule has 0 bridgehead atoms. The van der Waals surface area contributed by atoms with Gasteiger partial charge >= 0.3 is 0 Å². The molecule has 0 unspecified atom stereocenters. The highest BCUT2D eigenvalue weighted by Gasteiger charge is 2.20. The first-order valence-electron chi connectivity index (χ1n) is 6.92. The summed E-state index contributed by atoms with van der Waals surface area (Å²) in [5, 5.41) is 0. The number of carbonyl (C=O) groups excluding carboxylic acids is 1. The van der Waals surface area contributed by atoms with Crippen molar-refractivity contribution in [1.82, 2.24) is 0 Å². The van der Waals surface area contributed by atoms with Crippen LogP contribution in [0.5, 0.6) is 0 Å². The van der Waals surface area contributed by atoms with Crippen molar-refractivity contribution in [3.05, 3.63) is 35.4 Å². The summed E-state index contributed by atoms with van der Waals surface area (Å²) in [5.74, 6) is 2.50. The van der Waals surface area contributed by atoms with Crippen molar-refractivity contribution in [3.8, 4) is 0 Å². The van der Waals surface area contributed by atoms with Crippen LogP contribution in [0.25, 0.3) is 0 Å². The number of aryl methyl sites for hydroxylation is 1. The fourth-order valence-corrected chi connectivity index (χ4v) is 3.57. The van der Waals surface area contributed by atoms with E-state index in [1.165, 1.54) is 30.4 Å². The highest BCUT2D eigenvalue weighted by molar-refractivity contribution is 7.99. The van der Waals surface area contributed by atoms with E-state index in [0.29, 0.717) is 17.5 Å². The monoisotopic (exact) mass is 262 g/mol. The Kier molecular flexibility index (Phi) is 5.30. The first kappa shape index (κ1) is 13.7. The first-order chi connectivity index (χ1) is 8.75. The van der Waals surface area contributed by atoms with Crippen LogP contribution in [-0.2, 0) is 10.5 Å². The highest BCUT2D eigenvalue weighted by Crippen LogP contribution is 2.26. The summed E-state index contributed by atoms with van der Waals surface area (Å²) in [6.45, 7) is 2.11. The van der Waals surface area contributed by atoms with Crippen LogP contribution in [0.3, 0.4) is 0 Å². The van der Waals surface area contributed by atoms with Gasteiger partial charge in [0.15, 0.2) is 0 Å². The second-order valence-electron chi connectivity index (χ2n) is 5.28. The summed E-state index contributed by atoms with van der Waals surface area (Å²) in [5.41, 5.74) is 2.63. The molecule has 1 aromatic rings. The second-order valence-corrected chi connectivity index (χ2v) is 6.27. The molecule has 98 valence electrons. The number of benzene rings is 1. The molecule has 0 aliphatic heterocycles. The Bertz CT molecular complexity index is 394. The van der Waals surface area contributed by atoms with Crippen molar-refractivity contribution in [3.63, 3.8) is 0 Å². The van der Waals surface area contributed by atoms with Gasteiger partial charge in [0, 0.05) is 11.7 Å². The van der Waals surface area contributed by atoms with Crippen LogP contribution in [-0.4, -0.2) is 11.5 Å². The van der Waals surface area contributed by atoms with E-state index in [9.17, 15) is 4.79 Å². The standard InChI is InChI=1S/C16H22OS/c1-13-6-5-7-14(10-13)11-18-12-16(17)15-8-3-2-4-9-15/h5-7,10,15H,2-4,8-9,11-12H2,1H3. The Morgan fingerprint density at radius 1 is 1.28 bits per heavy atom. The molecule has 0 atom stereocenters. The molecular weight excluding hydrogens is 240 g/mol. The van der Waals surface area contributed by atoms with Gasteiger partial charge < -0.3 is 0 Å². The van der Waals surface area contributed by atoms with Gasteiger partial charge in [-0.25, -0.2) is 0 Å². The molecule has 0 spiro atoms. The smallest absolute Gasteiger partial charge is 0.145 e. The largest absolute Gasteiger partial charge is 0.298 e. The number of ketones is 1. The second kappa shape index (κ2) is 6.98. The van der Waals surface area contributed by atoms with Crippen LogP contribution < -0.4 is 0 Å². The summed E-state index contributed by atoms with van der Waals surface area (Å²) in [6, 6.07) is 8.55. The van der Waals surface area contributed by atoms with E-state index in [0.717, 1.165) is 18.6 Å². The molecule has 0 aromatic heterocycles. The predicted molar refractivity (Wildman–Crippen MR) is 78.9 cm³/mol. The SMILES string of the molecule is Cc1cccc(CSCC(=O)C2CCCCC2)c1. The van der Waals surface area contributed by atoms with Gasteiger partial charge in [-0.15, -0.1) is 11.8 Å². The maximum atomic E-state index is 12.0. The average Bonchev–Trinajstić information content (AvgIpc) is 2.40. The number of thioether (sulfide) groups is 1. The minimum absolute atomic E-state index is 0.365. The molecule has 2 heteroatoms. The molecule has 0 saturated heterocycles. The fraction of sp³-hybridized carbons (Fsp3) is 0.562. The van der Waals surface area contributed by atoms with Crippen LogP contribution in [0.1, 0.15) is 43.2 Å². The Labute approximate surface area is 114 Å². The third kappa shape index (κ3) is 4.16. The zero-order valence-corrected chi connectivity index (χ0v) is 12.0. The summed E-state index contributed by atoms with van der Waals surface area (Å²) in [7, 11) is 0. The Morgan fingerprint density at radius 2 is 2.06 bits per heavy atom. The Balaban J connectivity index is 1.73. The lowest BCUT2D eigenvalue weighted by Gasteiger charge is -2.19. The van der Waals surface area contributed by atoms with Gasteiger partial charge in [0.25, 0.3) is 0 Å². The van der Waals surface area contributed by atoms with Crippen molar-refractivity contribution in [1.29, 1.82) is 0 Å². The van der Waals surface area contributed by atoms with Crippen LogP contribution >= 0.6 is 11.8 Å². The van der Waals surface area contributed by atoms with Crippen molar-refractivity contribution in [2.45, 2.75) is 44.8 Å². The third-order valence-corrected chi connectivity index (χ3v) is 4.68. The van der Waals surface area contributed by atoms with Crippen molar-refractivity contribution in [2.24, 2.45) is 5.92 Å². The normalized spacial score (nSPS) is 16.7. The molecule has 0 heterocycles. The van der Waals surface area contributed by atoms with Crippen LogP contribution in [0.4, 0.5) is 0 Å². The quantitative estimate of drug-likeness (QED) is 0.783. The molecule has 1 fully saturated rings. The molecule has 1 saturated carbocycles. The minimum atomic E-state index is 0.365. The van der Waals surface area contributed by atoms with Gasteiger partial charge in [-0.1, -0.05) is 49.1 Å². The number of hydrogen-bond acceptors (Lipinski definition) is 2. The minimum Gasteiger partial charge on any atom is -0.298 e. The Hall–Kier alpha value is -0.760. The molecule has 18 heavy (non-hydrogen) atoms. The highest BCUT2D eigenvalue weighted by atomic mass is 32.2. The van der Waals surface area contributed by atoms with Crippen molar-refractivity contribution >= 4 is 17.5 Å². The van der Waals surface area contributed by atoms with Crippen molar-refractivity contribution < 1.29 is 4.79 Å². The van der Waals surface area contributed by atoms with Crippen LogP contribution in [0.2, 0.25) is 0 Å². The summed E-state index contributed by atoms with van der Waals surface area (Å²) in [6.07, 6.45) is 6.08. The van der Waals surface area contributed by atoms with Gasteiger partial charge in [0.05, 0.1) is 5.75 Å². The number of carbonyl (C=O) groups is 1. The van der Waals surface area contributed by atoms with E-state index < -0.39 is 0 Å². The van der Waals surface area contributed by atoms with E-state index in [2.05, 4.69) is 31.2 Å². The summed E-state index contributed by atoms with van der Waals surface area (Å²) in [4.78, 5) is 12.0. The van der Waals surface area contributed by atoms with Gasteiger partial charge in [0.2, 0.25) is 0 Å². The zero-order valence-electron chi connectivity index (χ0n) is 11.2. The fourth-order valence-electron chi connectivity index (χ4n) is 2.61.